The Balaban J connectivity index is 0.0000000919. The monoisotopic (exact) mass is 1530 g/mol. The van der Waals surface area contributed by atoms with Gasteiger partial charge in [-0.05, 0) is 141 Å². The first-order valence-electron chi connectivity index (χ1n) is 37.0. The lowest BCUT2D eigenvalue weighted by molar-refractivity contribution is -0.117. The first kappa shape index (κ1) is 69.9. The highest BCUT2D eigenvalue weighted by Crippen LogP contribution is 2.45. The van der Waals surface area contributed by atoms with Crippen LogP contribution in [0.5, 0.6) is 0 Å². The molecule has 4 aliphatic carbocycles. The molecule has 0 radical (unpaired) electrons. The minimum atomic E-state index is -0.269. The van der Waals surface area contributed by atoms with Crippen LogP contribution in [0.3, 0.4) is 0 Å². The summed E-state index contributed by atoms with van der Waals surface area (Å²) in [5.41, 5.74) is 39.8. The molecule has 0 spiro atoms. The number of nitrogens with zero attached hydrogens (tertiary/aromatic N) is 5. The van der Waals surface area contributed by atoms with Crippen molar-refractivity contribution >= 4 is 173 Å². The molecule has 0 bridgehead atoms. The van der Waals surface area contributed by atoms with Gasteiger partial charge >= 0.3 is 0 Å². The van der Waals surface area contributed by atoms with E-state index in [1.165, 1.54) is 16.5 Å². The van der Waals surface area contributed by atoms with Crippen LogP contribution in [0.2, 0.25) is 10.0 Å². The van der Waals surface area contributed by atoms with Gasteiger partial charge in [-0.15, -0.1) is 0 Å². The van der Waals surface area contributed by atoms with Crippen LogP contribution in [0.1, 0.15) is 82.9 Å². The summed E-state index contributed by atoms with van der Waals surface area (Å²) in [5, 5.41) is 28.4. The summed E-state index contributed by atoms with van der Waals surface area (Å²) in [4.78, 5) is 98.6. The maximum Gasteiger partial charge on any atom is 0.278 e. The number of H-pyrrole nitrogens is 2. The molecule has 23 heteroatoms. The fraction of sp³-hybridized carbons (Fsp3) is 0.0769. The van der Waals surface area contributed by atoms with Crippen molar-refractivity contribution in [3.05, 3.63) is 327 Å². The van der Waals surface area contributed by atoms with Gasteiger partial charge in [-0.2, -0.15) is 10.2 Å². The predicted molar refractivity (Wildman–Crippen MR) is 453 cm³/mol. The second kappa shape index (κ2) is 28.1. The lowest BCUT2D eigenvalue weighted by Crippen LogP contribution is -2.22. The maximum atomic E-state index is 12.6. The highest BCUT2D eigenvalue weighted by Gasteiger charge is 2.34. The Bertz CT molecular complexity index is 7250. The van der Waals surface area contributed by atoms with Crippen molar-refractivity contribution in [2.24, 2.45) is 5.92 Å². The number of para-hydroxylation sites is 1. The van der Waals surface area contributed by atoms with Crippen molar-refractivity contribution in [1.29, 1.82) is 0 Å². The summed E-state index contributed by atoms with van der Waals surface area (Å²) in [6.45, 7) is 3.78. The van der Waals surface area contributed by atoms with E-state index in [1.807, 2.05) is 166 Å². The molecule has 1 amide bonds. The average Bonchev–Trinajstić information content (AvgIpc) is 1.19. The Morgan fingerprint density at radius 3 is 1.56 bits per heavy atom. The van der Waals surface area contributed by atoms with Crippen LogP contribution in [0, 0.1) is 19.8 Å². The van der Waals surface area contributed by atoms with Gasteiger partial charge in [-0.3, -0.25) is 60.0 Å². The molecule has 1 fully saturated rings. The number of fused-ring (bicyclic) bond motifs is 12. The molecule has 0 atom stereocenters. The fourth-order valence-electron chi connectivity index (χ4n) is 16.0. The zero-order valence-electron chi connectivity index (χ0n) is 60.7. The summed E-state index contributed by atoms with van der Waals surface area (Å²) in [6, 6.07) is 71.8. The lowest BCUT2D eigenvalue weighted by Gasteiger charge is -2.19. The van der Waals surface area contributed by atoms with Gasteiger partial charge in [0.05, 0.1) is 104 Å². The van der Waals surface area contributed by atoms with Crippen molar-refractivity contribution in [1.82, 2.24) is 35.3 Å². The molecule has 7 aliphatic rings. The number of hydrazine groups is 3. The third-order valence-corrected chi connectivity index (χ3v) is 22.3. The Kier molecular flexibility index (Phi) is 17.2. The number of benzene rings is 12. The Morgan fingerprint density at radius 2 is 0.860 bits per heavy atom. The van der Waals surface area contributed by atoms with Gasteiger partial charge in [0, 0.05) is 82.9 Å². The second-order valence-electron chi connectivity index (χ2n) is 28.4. The molecule has 0 saturated heterocycles. The van der Waals surface area contributed by atoms with E-state index in [2.05, 4.69) is 97.5 Å². The highest BCUT2D eigenvalue weighted by atomic mass is 35.5. The van der Waals surface area contributed by atoms with Crippen LogP contribution in [-0.4, -0.2) is 58.6 Å². The number of carbonyl (C=O) groups is 4. The van der Waals surface area contributed by atoms with Gasteiger partial charge in [0.2, 0.25) is 5.91 Å². The number of halogens is 2. The van der Waals surface area contributed by atoms with Crippen LogP contribution in [0.25, 0.3) is 109 Å². The fourth-order valence-corrected chi connectivity index (χ4v) is 16.5. The van der Waals surface area contributed by atoms with Gasteiger partial charge in [0.15, 0.2) is 17.3 Å². The van der Waals surface area contributed by atoms with Crippen LogP contribution in [0.4, 0.5) is 39.8 Å². The van der Waals surface area contributed by atoms with E-state index in [4.69, 9.17) is 23.2 Å². The molecule has 5 aromatic heterocycles. The number of carbonyl (C=O) groups excluding carboxylic acids is 4. The molecule has 21 nitrogen and oxygen atoms in total. The van der Waals surface area contributed by atoms with Gasteiger partial charge in [0.25, 0.3) is 16.7 Å². The van der Waals surface area contributed by atoms with E-state index >= 15 is 0 Å². The Labute approximate surface area is 656 Å². The van der Waals surface area contributed by atoms with Crippen LogP contribution < -0.4 is 54.5 Å². The van der Waals surface area contributed by atoms with E-state index in [0.29, 0.717) is 65.0 Å². The number of rotatable bonds is 2. The average molecular weight is 1530 g/mol. The number of aromatic amines is 2. The number of aryl methyl sites for hydroxylation is 3. The first-order valence-corrected chi connectivity index (χ1v) is 37.7. The third-order valence-electron chi connectivity index (χ3n) is 21.6. The third kappa shape index (κ3) is 11.9. The molecular formula is C91H62Cl2N14O7. The molecule has 1 saturated carbocycles. The van der Waals surface area contributed by atoms with Crippen molar-refractivity contribution < 1.29 is 19.2 Å². The van der Waals surface area contributed by atoms with E-state index in [1.54, 1.807) is 54.6 Å². The normalized spacial score (nSPS) is 13.4. The molecule has 8 heterocycles. The van der Waals surface area contributed by atoms with Crippen molar-refractivity contribution in [3.8, 4) is 22.5 Å². The lowest BCUT2D eigenvalue weighted by atomic mass is 9.82. The van der Waals surface area contributed by atoms with E-state index in [9.17, 15) is 33.6 Å². The summed E-state index contributed by atoms with van der Waals surface area (Å²) < 4.78 is 0. The van der Waals surface area contributed by atoms with E-state index in [-0.39, 0.29) is 45.9 Å². The number of hydrogen-bond acceptors (Lipinski definition) is 18. The van der Waals surface area contributed by atoms with Crippen LogP contribution in [0.15, 0.2) is 245 Å². The van der Waals surface area contributed by atoms with Gasteiger partial charge in [-0.25, -0.2) is 15.0 Å². The number of anilines is 7. The molecular weight excluding hydrogens is 1470 g/mol. The smallest absolute Gasteiger partial charge is 0.278 e. The van der Waals surface area contributed by atoms with Gasteiger partial charge < -0.3 is 21.6 Å². The number of nitrogens with one attached hydrogen (secondary N) is 9. The zero-order valence-corrected chi connectivity index (χ0v) is 62.2. The molecule has 9 N–H and O–H groups in total. The standard InChI is InChI=1S/C19H17N3O.C15H9ClO2.C15H10N2O.C14H8ClN3O.2C14H9N3O/c23-19(12-7-8-12)20-15-5-2-4-14-13(15)10-9-11-3-1-6-16-17(11)18(14)22-21-16;1-8-6-7-11(16)13-12(8)14(17)9-4-2-3-5-10(9)15(13)18;1-8-6-7-11-13-12(8)15(18)10-5-3-2-4-9(10)14(13)17-16-11;15-9-5-6-10-11-12(18-17-10)7-3-1-2-4-8(7)14(19)16-13(9)11;18-14-9-5-3-7-11-12(9)13(17-16-11)8-4-1-2-6-10(8)15-14;18-14-9-5-2-1-4-8(9)13-12-10(15-14)6-3-7-11(12)16-17-13/h1-6,12H,7-10H2,(H,20,23)(H,21,22);2-7H,1H3;2-7H,1H3,(H,16,17);1-6,17-18H;2*1-7,16-17H. The van der Waals surface area contributed by atoms with Crippen molar-refractivity contribution in [2.45, 2.75) is 39.5 Å². The van der Waals surface area contributed by atoms with Gasteiger partial charge in [0.1, 0.15) is 11.4 Å². The summed E-state index contributed by atoms with van der Waals surface area (Å²) in [7, 11) is 0. The highest BCUT2D eigenvalue weighted by molar-refractivity contribution is 6.39. The molecule has 3 aliphatic heterocycles. The van der Waals surface area contributed by atoms with E-state index < -0.39 is 0 Å². The molecule has 114 heavy (non-hydrogen) atoms. The Morgan fingerprint density at radius 1 is 0.377 bits per heavy atom. The molecule has 17 aromatic rings. The zero-order chi connectivity index (χ0) is 77.7. The molecule has 24 rings (SSSR count). The largest absolute Gasteiger partial charge is 0.326 e. The minimum absolute atomic E-state index is 0.0996. The topological polar surface area (TPSA) is 300 Å². The number of aromatic nitrogens is 7. The van der Waals surface area contributed by atoms with Crippen LogP contribution >= 0.6 is 23.2 Å². The quantitative estimate of drug-likeness (QED) is 0.0777. The van der Waals surface area contributed by atoms with Crippen LogP contribution in [-0.2, 0) is 17.6 Å². The molecule has 552 valence electrons. The summed E-state index contributed by atoms with van der Waals surface area (Å²) in [6.07, 6.45) is 3.93. The predicted octanol–water partition coefficient (Wildman–Crippen LogP) is 18.3. The Hall–Kier alpha value is -14.5. The molecule has 12 aromatic carbocycles. The van der Waals surface area contributed by atoms with Crippen molar-refractivity contribution in [3.63, 3.8) is 0 Å². The number of hydrogen-bond donors (Lipinski definition) is 9. The maximum absolute atomic E-state index is 12.6. The first-order chi connectivity index (χ1) is 55.6. The van der Waals surface area contributed by atoms with Crippen molar-refractivity contribution in [2.75, 3.05) is 37.9 Å². The molecule has 0 unspecified atom stereocenters. The summed E-state index contributed by atoms with van der Waals surface area (Å²) in [5.74, 6) is 0.176. The number of ketones is 3. The SMILES string of the molecule is Cc1ccc(Cl)c2c1C(=O)c1ccccc1C2=O.Cc1ccc2[nH]nc3c2c1C(=O)c1ccccc1-3.O=C(Nc1cccc2c1CCc1cccc3[nH]nc-2c13)C1CC1.O=c1nc2c(Cl)ccc3c2c(c2ccccc12)NN3.O=c1nc2cccc3c2c(c2ccccc12)NN3.O=c1nc2ccccc2c2c3c(cccc13)NN2. The van der Waals surface area contributed by atoms with E-state index in [0.717, 1.165) is 159 Å². The second-order valence-corrected chi connectivity index (χ2v) is 29.2. The minimum Gasteiger partial charge on any atom is -0.326 e. The summed E-state index contributed by atoms with van der Waals surface area (Å²) >= 11 is 12.2. The van der Waals surface area contributed by atoms with Gasteiger partial charge in [-0.1, -0.05) is 175 Å². The number of amides is 1.